The third kappa shape index (κ3) is 3.21. The van der Waals surface area contributed by atoms with Crippen molar-refractivity contribution in [3.05, 3.63) is 35.4 Å². The number of carbonyl (C=O) groups is 3. The van der Waals surface area contributed by atoms with Gasteiger partial charge in [-0.25, -0.2) is 4.79 Å². The first-order valence-electron chi connectivity index (χ1n) is 7.90. The minimum absolute atomic E-state index is 0.0681. The maximum Gasteiger partial charge on any atom is 0.325 e. The molecule has 1 saturated heterocycles. The van der Waals surface area contributed by atoms with E-state index in [1.807, 2.05) is 31.2 Å². The van der Waals surface area contributed by atoms with Crippen LogP contribution in [0.4, 0.5) is 4.79 Å². The molecule has 23 heavy (non-hydrogen) atoms. The van der Waals surface area contributed by atoms with Gasteiger partial charge >= 0.3 is 12.0 Å². The van der Waals surface area contributed by atoms with Crippen LogP contribution in [0.3, 0.4) is 0 Å². The van der Waals surface area contributed by atoms with Crippen LogP contribution >= 0.6 is 0 Å². The van der Waals surface area contributed by atoms with Gasteiger partial charge in [0.05, 0.1) is 0 Å². The highest BCUT2D eigenvalue weighted by Gasteiger charge is 2.50. The number of hydrogen-bond acceptors (Lipinski definition) is 3. The zero-order chi connectivity index (χ0) is 17.0. The van der Waals surface area contributed by atoms with E-state index in [0.717, 1.165) is 22.4 Å². The SMILES string of the molecule is CCc1ccc(C2(CC)NC(=O)N(CCCC(=O)O)C2=O)cc1. The molecule has 2 N–H and O–H groups in total. The number of benzene rings is 1. The number of hydrogen-bond donors (Lipinski definition) is 2. The Bertz CT molecular complexity index is 612. The first-order valence-corrected chi connectivity index (χ1v) is 7.90. The fraction of sp³-hybridized carbons (Fsp3) is 0.471. The molecule has 1 atom stereocenters. The third-order valence-electron chi connectivity index (χ3n) is 4.33. The van der Waals surface area contributed by atoms with Crippen molar-refractivity contribution in [2.45, 2.75) is 45.1 Å². The van der Waals surface area contributed by atoms with Crippen LogP contribution in [0.1, 0.15) is 44.2 Å². The zero-order valence-electron chi connectivity index (χ0n) is 13.5. The molecule has 3 amide bonds. The summed E-state index contributed by atoms with van der Waals surface area (Å²) in [6.45, 7) is 4.02. The minimum atomic E-state index is -1.05. The van der Waals surface area contributed by atoms with Crippen molar-refractivity contribution >= 4 is 17.9 Å². The number of nitrogens with zero attached hydrogens (tertiary/aromatic N) is 1. The number of carbonyl (C=O) groups excluding carboxylic acids is 2. The second kappa shape index (κ2) is 6.81. The summed E-state index contributed by atoms with van der Waals surface area (Å²) in [5, 5.41) is 11.5. The molecular weight excluding hydrogens is 296 g/mol. The van der Waals surface area contributed by atoms with Crippen molar-refractivity contribution in [2.75, 3.05) is 6.54 Å². The molecule has 0 aliphatic carbocycles. The normalized spacial score (nSPS) is 20.7. The Morgan fingerprint density at radius 3 is 2.39 bits per heavy atom. The van der Waals surface area contributed by atoms with Gasteiger partial charge in [-0.1, -0.05) is 38.1 Å². The van der Waals surface area contributed by atoms with Crippen molar-refractivity contribution in [1.29, 1.82) is 0 Å². The highest BCUT2D eigenvalue weighted by Crippen LogP contribution is 2.32. The van der Waals surface area contributed by atoms with Crippen molar-refractivity contribution < 1.29 is 19.5 Å². The van der Waals surface area contributed by atoms with Gasteiger partial charge in [-0.15, -0.1) is 0 Å². The van der Waals surface area contributed by atoms with Crippen molar-refractivity contribution in [3.8, 4) is 0 Å². The molecule has 1 aliphatic heterocycles. The van der Waals surface area contributed by atoms with Gasteiger partial charge in [0.15, 0.2) is 0 Å². The smallest absolute Gasteiger partial charge is 0.325 e. The summed E-state index contributed by atoms with van der Waals surface area (Å²) in [4.78, 5) is 36.7. The van der Waals surface area contributed by atoms with Crippen LogP contribution in [0.5, 0.6) is 0 Å². The number of aryl methyl sites for hydroxylation is 1. The Labute approximate surface area is 135 Å². The standard InChI is InChI=1S/C17H22N2O4/c1-3-12-7-9-13(10-8-12)17(4-2)15(22)19(16(23)18-17)11-5-6-14(20)21/h7-10H,3-6,11H2,1-2H3,(H,18,23)(H,20,21). The lowest BCUT2D eigenvalue weighted by atomic mass is 9.86. The van der Waals surface area contributed by atoms with Crippen LogP contribution in [0, 0.1) is 0 Å². The lowest BCUT2D eigenvalue weighted by Gasteiger charge is -2.26. The molecule has 1 aliphatic rings. The van der Waals surface area contributed by atoms with E-state index in [-0.39, 0.29) is 25.3 Å². The Hall–Kier alpha value is -2.37. The first-order chi connectivity index (χ1) is 10.9. The van der Waals surface area contributed by atoms with E-state index in [1.165, 1.54) is 0 Å². The summed E-state index contributed by atoms with van der Waals surface area (Å²) in [6, 6.07) is 7.21. The van der Waals surface area contributed by atoms with Gasteiger partial charge in [0.2, 0.25) is 0 Å². The van der Waals surface area contributed by atoms with E-state index in [0.29, 0.717) is 6.42 Å². The van der Waals surface area contributed by atoms with E-state index < -0.39 is 17.5 Å². The highest BCUT2D eigenvalue weighted by atomic mass is 16.4. The lowest BCUT2D eigenvalue weighted by molar-refractivity contribution is -0.138. The van der Waals surface area contributed by atoms with Crippen LogP contribution in [-0.4, -0.2) is 34.5 Å². The van der Waals surface area contributed by atoms with Gasteiger partial charge < -0.3 is 10.4 Å². The van der Waals surface area contributed by atoms with Gasteiger partial charge in [0.25, 0.3) is 5.91 Å². The van der Waals surface area contributed by atoms with E-state index in [1.54, 1.807) is 0 Å². The molecule has 6 nitrogen and oxygen atoms in total. The molecule has 2 rings (SSSR count). The monoisotopic (exact) mass is 318 g/mol. The lowest BCUT2D eigenvalue weighted by Crippen LogP contribution is -2.43. The second-order valence-electron chi connectivity index (χ2n) is 5.69. The molecule has 1 unspecified atom stereocenters. The average Bonchev–Trinajstić information content (AvgIpc) is 2.79. The molecule has 0 aromatic heterocycles. The van der Waals surface area contributed by atoms with E-state index >= 15 is 0 Å². The number of imide groups is 1. The summed E-state index contributed by atoms with van der Waals surface area (Å²) in [5.74, 6) is -1.24. The van der Waals surface area contributed by atoms with E-state index in [4.69, 9.17) is 5.11 Å². The first kappa shape index (κ1) is 17.0. The predicted molar refractivity (Wildman–Crippen MR) is 84.9 cm³/mol. The quantitative estimate of drug-likeness (QED) is 0.755. The molecule has 1 aromatic carbocycles. The largest absolute Gasteiger partial charge is 0.481 e. The summed E-state index contributed by atoms with van der Waals surface area (Å²) in [7, 11) is 0. The number of nitrogens with one attached hydrogen (secondary N) is 1. The third-order valence-corrected chi connectivity index (χ3v) is 4.33. The molecule has 0 bridgehead atoms. The van der Waals surface area contributed by atoms with E-state index in [2.05, 4.69) is 12.2 Å². The number of urea groups is 1. The summed E-state index contributed by atoms with van der Waals surface area (Å²) >= 11 is 0. The number of carboxylic acids is 1. The van der Waals surface area contributed by atoms with Crippen molar-refractivity contribution in [3.63, 3.8) is 0 Å². The Morgan fingerprint density at radius 1 is 1.22 bits per heavy atom. The number of carboxylic acid groups (broad SMARTS) is 1. The fourth-order valence-corrected chi connectivity index (χ4v) is 2.88. The Balaban J connectivity index is 2.23. The molecule has 124 valence electrons. The van der Waals surface area contributed by atoms with Crippen LogP contribution in [0.25, 0.3) is 0 Å². The van der Waals surface area contributed by atoms with Crippen LogP contribution in [0.15, 0.2) is 24.3 Å². The second-order valence-corrected chi connectivity index (χ2v) is 5.69. The highest BCUT2D eigenvalue weighted by molar-refractivity contribution is 6.07. The molecule has 1 heterocycles. The van der Waals surface area contributed by atoms with Crippen LogP contribution in [0.2, 0.25) is 0 Å². The average molecular weight is 318 g/mol. The van der Waals surface area contributed by atoms with Crippen molar-refractivity contribution in [2.24, 2.45) is 0 Å². The maximum atomic E-state index is 12.8. The van der Waals surface area contributed by atoms with Crippen LogP contribution < -0.4 is 5.32 Å². The zero-order valence-corrected chi connectivity index (χ0v) is 13.5. The number of rotatable bonds is 7. The molecule has 1 aromatic rings. The fourth-order valence-electron chi connectivity index (χ4n) is 2.88. The topological polar surface area (TPSA) is 86.7 Å². The number of amides is 3. The Kier molecular flexibility index (Phi) is 5.03. The predicted octanol–water partition coefficient (Wildman–Crippen LogP) is 2.27. The summed E-state index contributed by atoms with van der Waals surface area (Å²) in [5.41, 5.74) is 0.874. The van der Waals surface area contributed by atoms with Gasteiger partial charge in [-0.05, 0) is 30.4 Å². The van der Waals surface area contributed by atoms with Gasteiger partial charge in [0, 0.05) is 13.0 Å². The minimum Gasteiger partial charge on any atom is -0.481 e. The maximum absolute atomic E-state index is 12.8. The molecular formula is C17H22N2O4. The molecule has 1 fully saturated rings. The van der Waals surface area contributed by atoms with Crippen LogP contribution in [-0.2, 0) is 21.5 Å². The molecule has 0 spiro atoms. The van der Waals surface area contributed by atoms with Crippen molar-refractivity contribution in [1.82, 2.24) is 10.2 Å². The summed E-state index contributed by atoms with van der Waals surface area (Å²) < 4.78 is 0. The van der Waals surface area contributed by atoms with Gasteiger partial charge in [-0.2, -0.15) is 0 Å². The van der Waals surface area contributed by atoms with Gasteiger partial charge in [0.1, 0.15) is 5.54 Å². The summed E-state index contributed by atoms with van der Waals surface area (Å²) in [6.07, 6.45) is 1.53. The molecule has 6 heteroatoms. The Morgan fingerprint density at radius 2 is 1.87 bits per heavy atom. The number of aliphatic carboxylic acids is 1. The molecule has 0 radical (unpaired) electrons. The van der Waals surface area contributed by atoms with Gasteiger partial charge in [-0.3, -0.25) is 14.5 Å². The molecule has 0 saturated carbocycles. The van der Waals surface area contributed by atoms with E-state index in [9.17, 15) is 14.4 Å².